The first-order chi connectivity index (χ1) is 13.8. The van der Waals surface area contributed by atoms with E-state index in [1.807, 2.05) is 6.92 Å². The van der Waals surface area contributed by atoms with Crippen LogP contribution in [0.3, 0.4) is 0 Å². The van der Waals surface area contributed by atoms with Crippen molar-refractivity contribution in [2.75, 3.05) is 24.5 Å². The third kappa shape index (κ3) is 3.81. The minimum Gasteiger partial charge on any atom is -0.477 e. The molecular weight excluding hydrogens is 427 g/mol. The molecular formula is C19H21ClF3N3O4. The van der Waals surface area contributed by atoms with Gasteiger partial charge >= 0.3 is 12.6 Å². The van der Waals surface area contributed by atoms with Crippen molar-refractivity contribution in [2.45, 2.75) is 38.5 Å². The largest absolute Gasteiger partial charge is 0.477 e. The lowest BCUT2D eigenvalue weighted by Crippen LogP contribution is -2.50. The first-order valence-corrected chi connectivity index (χ1v) is 9.36. The van der Waals surface area contributed by atoms with E-state index in [1.54, 1.807) is 4.90 Å². The molecule has 1 aromatic heterocycles. The van der Waals surface area contributed by atoms with Crippen molar-refractivity contribution in [3.8, 4) is 5.75 Å². The number of aromatic carboxylic acids is 1. The van der Waals surface area contributed by atoms with Crippen LogP contribution >= 0.6 is 12.4 Å². The Bertz CT molecular complexity index is 1040. The van der Waals surface area contributed by atoms with Gasteiger partial charge in [-0.05, 0) is 25.8 Å². The Hall–Kier alpha value is -2.46. The van der Waals surface area contributed by atoms with Gasteiger partial charge in [0, 0.05) is 37.9 Å². The number of nitrogens with one attached hydrogen (secondary N) is 1. The predicted molar refractivity (Wildman–Crippen MR) is 107 cm³/mol. The fourth-order valence-corrected chi connectivity index (χ4v) is 3.88. The molecule has 0 amide bonds. The molecule has 1 aliphatic heterocycles. The molecule has 4 rings (SSSR count). The second-order valence-electron chi connectivity index (χ2n) is 7.37. The van der Waals surface area contributed by atoms with E-state index in [0.717, 1.165) is 12.3 Å². The summed E-state index contributed by atoms with van der Waals surface area (Å²) in [5.74, 6) is -2.78. The SMILES string of the molecule is CC1CNCCN1c1c(F)cc2c(=O)c(C(=O)O)cn(C3CC3)c2c1OC(F)F.Cl. The van der Waals surface area contributed by atoms with Gasteiger partial charge in [-0.25, -0.2) is 9.18 Å². The van der Waals surface area contributed by atoms with Gasteiger partial charge in [-0.15, -0.1) is 12.4 Å². The number of carboxylic acids is 1. The van der Waals surface area contributed by atoms with Crippen LogP contribution in [0.5, 0.6) is 5.75 Å². The van der Waals surface area contributed by atoms with Crippen LogP contribution in [0, 0.1) is 5.82 Å². The summed E-state index contributed by atoms with van der Waals surface area (Å²) in [6.45, 7) is 0.00869. The third-order valence-electron chi connectivity index (χ3n) is 5.36. The molecule has 0 bridgehead atoms. The number of piperazine rings is 1. The third-order valence-corrected chi connectivity index (χ3v) is 5.36. The van der Waals surface area contributed by atoms with Crippen LogP contribution < -0.4 is 20.4 Å². The lowest BCUT2D eigenvalue weighted by molar-refractivity contribution is -0.0489. The Morgan fingerprint density at radius 1 is 1.37 bits per heavy atom. The number of benzene rings is 1. The highest BCUT2D eigenvalue weighted by Crippen LogP contribution is 2.44. The smallest absolute Gasteiger partial charge is 0.387 e. The fourth-order valence-electron chi connectivity index (χ4n) is 3.88. The minimum atomic E-state index is -3.24. The molecule has 1 aromatic carbocycles. The Balaban J connectivity index is 0.00000256. The van der Waals surface area contributed by atoms with Crippen LogP contribution in [0.2, 0.25) is 0 Å². The van der Waals surface area contributed by atoms with E-state index in [9.17, 15) is 23.5 Å². The predicted octanol–water partition coefficient (Wildman–Crippen LogP) is 3.00. The van der Waals surface area contributed by atoms with Gasteiger partial charge in [0.05, 0.1) is 10.9 Å². The Morgan fingerprint density at radius 2 is 2.07 bits per heavy atom. The standard InChI is InChI=1S/C19H20F3N3O4.ClH/c1-9-7-23-4-5-24(9)15-13(20)6-11-14(17(15)29-19(21)22)25(10-2-3-10)8-12(16(11)26)18(27)28;/h6,8-10,19,23H,2-5,7H2,1H3,(H,27,28);1H. The summed E-state index contributed by atoms with van der Waals surface area (Å²) >= 11 is 0. The lowest BCUT2D eigenvalue weighted by atomic mass is 10.1. The van der Waals surface area contributed by atoms with Gasteiger partial charge in [0.25, 0.3) is 0 Å². The molecule has 1 saturated carbocycles. The average molecular weight is 448 g/mol. The number of anilines is 1. The zero-order valence-electron chi connectivity index (χ0n) is 16.0. The number of hydrogen-bond acceptors (Lipinski definition) is 5. The van der Waals surface area contributed by atoms with Gasteiger partial charge < -0.3 is 24.6 Å². The van der Waals surface area contributed by atoms with Crippen molar-refractivity contribution in [3.63, 3.8) is 0 Å². The number of aromatic nitrogens is 1. The molecule has 1 unspecified atom stereocenters. The molecule has 0 radical (unpaired) electrons. The molecule has 1 aliphatic carbocycles. The first-order valence-electron chi connectivity index (χ1n) is 9.36. The van der Waals surface area contributed by atoms with Crippen molar-refractivity contribution in [1.82, 2.24) is 9.88 Å². The lowest BCUT2D eigenvalue weighted by Gasteiger charge is -2.37. The Morgan fingerprint density at radius 3 is 2.63 bits per heavy atom. The normalized spacial score (nSPS) is 19.1. The van der Waals surface area contributed by atoms with Crippen molar-refractivity contribution in [3.05, 3.63) is 33.9 Å². The van der Waals surface area contributed by atoms with E-state index >= 15 is 4.39 Å². The van der Waals surface area contributed by atoms with Crippen LogP contribution in [0.25, 0.3) is 10.9 Å². The van der Waals surface area contributed by atoms with Gasteiger partial charge in [-0.3, -0.25) is 4.79 Å². The maximum absolute atomic E-state index is 15.2. The van der Waals surface area contributed by atoms with Crippen LogP contribution in [0.1, 0.15) is 36.2 Å². The second-order valence-corrected chi connectivity index (χ2v) is 7.37. The highest BCUT2D eigenvalue weighted by molar-refractivity contribution is 5.97. The molecule has 2 N–H and O–H groups in total. The van der Waals surface area contributed by atoms with E-state index in [0.29, 0.717) is 32.5 Å². The average Bonchev–Trinajstić information content (AvgIpc) is 3.48. The van der Waals surface area contributed by atoms with E-state index in [-0.39, 0.29) is 41.1 Å². The quantitative estimate of drug-likeness (QED) is 0.733. The molecule has 1 atom stereocenters. The van der Waals surface area contributed by atoms with Gasteiger partial charge in [0.1, 0.15) is 11.3 Å². The number of halogens is 4. The van der Waals surface area contributed by atoms with Crippen LogP contribution in [0.4, 0.5) is 18.9 Å². The zero-order valence-corrected chi connectivity index (χ0v) is 16.8. The highest BCUT2D eigenvalue weighted by atomic mass is 35.5. The number of carboxylic acid groups (broad SMARTS) is 1. The summed E-state index contributed by atoms with van der Waals surface area (Å²) in [6, 6.07) is 0.580. The minimum absolute atomic E-state index is 0. The number of hydrogen-bond donors (Lipinski definition) is 2. The van der Waals surface area contributed by atoms with Crippen molar-refractivity contribution in [2.24, 2.45) is 0 Å². The maximum Gasteiger partial charge on any atom is 0.387 e. The van der Waals surface area contributed by atoms with E-state index in [2.05, 4.69) is 5.32 Å². The van der Waals surface area contributed by atoms with Gasteiger partial charge in [-0.1, -0.05) is 0 Å². The molecule has 30 heavy (non-hydrogen) atoms. The number of alkyl halides is 2. The summed E-state index contributed by atoms with van der Waals surface area (Å²) in [5.41, 5.74) is -1.59. The second kappa shape index (κ2) is 8.35. The monoisotopic (exact) mass is 447 g/mol. The highest BCUT2D eigenvalue weighted by Gasteiger charge is 2.33. The maximum atomic E-state index is 15.2. The molecule has 7 nitrogen and oxygen atoms in total. The van der Waals surface area contributed by atoms with Crippen molar-refractivity contribution in [1.29, 1.82) is 0 Å². The molecule has 11 heteroatoms. The molecule has 2 heterocycles. The topological polar surface area (TPSA) is 83.8 Å². The van der Waals surface area contributed by atoms with E-state index in [4.69, 9.17) is 4.74 Å². The summed E-state index contributed by atoms with van der Waals surface area (Å²) in [4.78, 5) is 25.8. The first kappa shape index (κ1) is 22.2. The Labute approximate surface area is 175 Å². The summed E-state index contributed by atoms with van der Waals surface area (Å²) < 4.78 is 48.1. The van der Waals surface area contributed by atoms with Gasteiger partial charge in [0.15, 0.2) is 11.6 Å². The molecule has 2 aromatic rings. The molecule has 2 fully saturated rings. The number of nitrogens with zero attached hydrogens (tertiary/aromatic N) is 2. The van der Waals surface area contributed by atoms with E-state index in [1.165, 1.54) is 4.57 Å². The number of carbonyl (C=O) groups is 1. The van der Waals surface area contributed by atoms with Crippen molar-refractivity contribution >= 4 is 35.0 Å². The number of rotatable bonds is 5. The fraction of sp³-hybridized carbons (Fsp3) is 0.474. The number of pyridine rings is 1. The molecule has 1 saturated heterocycles. The molecule has 0 spiro atoms. The molecule has 2 aliphatic rings. The zero-order chi connectivity index (χ0) is 20.9. The van der Waals surface area contributed by atoms with Gasteiger partial charge in [-0.2, -0.15) is 8.78 Å². The van der Waals surface area contributed by atoms with Crippen LogP contribution in [-0.2, 0) is 0 Å². The number of fused-ring (bicyclic) bond motifs is 1. The number of ether oxygens (including phenoxy) is 1. The molecule has 164 valence electrons. The van der Waals surface area contributed by atoms with Crippen LogP contribution in [-0.4, -0.2) is 47.9 Å². The summed E-state index contributed by atoms with van der Waals surface area (Å²) in [7, 11) is 0. The van der Waals surface area contributed by atoms with Gasteiger partial charge in [0.2, 0.25) is 5.43 Å². The van der Waals surface area contributed by atoms with Crippen molar-refractivity contribution < 1.29 is 27.8 Å². The summed E-state index contributed by atoms with van der Waals surface area (Å²) in [6.07, 6.45) is 2.54. The summed E-state index contributed by atoms with van der Waals surface area (Å²) in [5, 5.41) is 12.2. The van der Waals surface area contributed by atoms with Crippen LogP contribution in [0.15, 0.2) is 17.1 Å². The van der Waals surface area contributed by atoms with E-state index < -0.39 is 35.1 Å². The Kier molecular flexibility index (Phi) is 6.19.